The number of halogens is 1. The van der Waals surface area contributed by atoms with Gasteiger partial charge in [-0.1, -0.05) is 12.1 Å². The smallest absolute Gasteiger partial charge is 0.147 e. The number of benzene rings is 2. The fourth-order valence-electron chi connectivity index (χ4n) is 4.12. The lowest BCUT2D eigenvalue weighted by Crippen LogP contribution is -2.41. The third-order valence-corrected chi connectivity index (χ3v) is 6.03. The first-order valence-electron chi connectivity index (χ1n) is 10.8. The molecule has 2 aromatic carbocycles. The van der Waals surface area contributed by atoms with Gasteiger partial charge >= 0.3 is 0 Å². The Morgan fingerprint density at radius 1 is 1.15 bits per heavy atom. The summed E-state index contributed by atoms with van der Waals surface area (Å²) in [5.41, 5.74) is 9.75. The van der Waals surface area contributed by atoms with Crippen molar-refractivity contribution in [3.05, 3.63) is 54.0 Å². The zero-order chi connectivity index (χ0) is 23.5. The summed E-state index contributed by atoms with van der Waals surface area (Å²) >= 11 is 0. The van der Waals surface area contributed by atoms with E-state index in [1.165, 1.54) is 17.1 Å². The van der Waals surface area contributed by atoms with E-state index in [2.05, 4.69) is 10.2 Å². The van der Waals surface area contributed by atoms with Crippen LogP contribution >= 0.6 is 0 Å². The van der Waals surface area contributed by atoms with E-state index in [0.29, 0.717) is 34.4 Å². The second kappa shape index (κ2) is 9.40. The Hall–Kier alpha value is -3.74. The minimum absolute atomic E-state index is 0.0156. The van der Waals surface area contributed by atoms with E-state index >= 15 is 0 Å². The SMILES string of the molecule is CNC1CCN(c2cnc(-c3ccc(N(C)N)c(N)c3)c(-c3ccc(C#N)c(F)c3)n2)CC1. The van der Waals surface area contributed by atoms with Crippen LogP contribution in [-0.2, 0) is 0 Å². The predicted molar refractivity (Wildman–Crippen MR) is 129 cm³/mol. The summed E-state index contributed by atoms with van der Waals surface area (Å²) in [4.78, 5) is 11.8. The van der Waals surface area contributed by atoms with Gasteiger partial charge in [0.25, 0.3) is 0 Å². The second-order valence-corrected chi connectivity index (χ2v) is 8.17. The van der Waals surface area contributed by atoms with Crippen LogP contribution in [0.15, 0.2) is 42.6 Å². The van der Waals surface area contributed by atoms with Gasteiger partial charge < -0.3 is 21.0 Å². The monoisotopic (exact) mass is 446 g/mol. The van der Waals surface area contributed by atoms with Crippen molar-refractivity contribution in [1.82, 2.24) is 15.3 Å². The number of rotatable bonds is 5. The van der Waals surface area contributed by atoms with Crippen molar-refractivity contribution in [3.8, 4) is 28.6 Å². The van der Waals surface area contributed by atoms with Gasteiger partial charge in [-0.3, -0.25) is 4.98 Å². The molecule has 0 aliphatic carbocycles. The summed E-state index contributed by atoms with van der Waals surface area (Å²) in [6.07, 6.45) is 3.76. The molecule has 0 radical (unpaired) electrons. The maximum atomic E-state index is 14.5. The highest BCUT2D eigenvalue weighted by Crippen LogP contribution is 2.34. The standard InChI is InChI=1S/C24H27FN8/c1-29-18-7-9-33(10-8-18)22-14-30-23(16-5-6-21(32(2)28)20(27)12-16)24(31-22)15-3-4-17(13-26)19(25)11-15/h3-6,11-12,14,18,29H,7-10,27-28H2,1-2H3. The third-order valence-electron chi connectivity index (χ3n) is 6.03. The molecule has 0 amide bonds. The van der Waals surface area contributed by atoms with Crippen molar-refractivity contribution in [2.45, 2.75) is 18.9 Å². The molecule has 33 heavy (non-hydrogen) atoms. The average Bonchev–Trinajstić information content (AvgIpc) is 2.83. The summed E-state index contributed by atoms with van der Waals surface area (Å²) in [7, 11) is 3.69. The minimum Gasteiger partial charge on any atom is -0.397 e. The molecule has 1 saturated heterocycles. The van der Waals surface area contributed by atoms with Gasteiger partial charge in [-0.2, -0.15) is 5.26 Å². The van der Waals surface area contributed by atoms with Gasteiger partial charge in [-0.25, -0.2) is 15.2 Å². The molecule has 1 fully saturated rings. The van der Waals surface area contributed by atoms with Crippen molar-refractivity contribution in [2.75, 3.05) is 42.8 Å². The fraction of sp³-hybridized carbons (Fsp3) is 0.292. The van der Waals surface area contributed by atoms with E-state index in [4.69, 9.17) is 26.8 Å². The number of aromatic nitrogens is 2. The van der Waals surface area contributed by atoms with Crippen LogP contribution in [0.5, 0.6) is 0 Å². The first-order valence-corrected chi connectivity index (χ1v) is 10.8. The van der Waals surface area contributed by atoms with E-state index in [0.717, 1.165) is 37.3 Å². The van der Waals surface area contributed by atoms with Gasteiger partial charge in [-0.15, -0.1) is 0 Å². The number of nitriles is 1. The molecule has 2 heterocycles. The molecule has 0 bridgehead atoms. The number of piperidine rings is 1. The number of hydrogen-bond donors (Lipinski definition) is 3. The molecule has 170 valence electrons. The molecule has 1 aliphatic rings. The molecular formula is C24H27FN8. The molecule has 1 aliphatic heterocycles. The summed E-state index contributed by atoms with van der Waals surface area (Å²) in [6.45, 7) is 1.70. The highest BCUT2D eigenvalue weighted by atomic mass is 19.1. The van der Waals surface area contributed by atoms with E-state index in [-0.39, 0.29) is 5.56 Å². The predicted octanol–water partition coefficient (Wildman–Crippen LogP) is 2.90. The van der Waals surface area contributed by atoms with E-state index in [1.54, 1.807) is 25.4 Å². The Kier molecular flexibility index (Phi) is 6.40. The quantitative estimate of drug-likeness (QED) is 0.311. The van der Waals surface area contributed by atoms with Crippen LogP contribution in [0.4, 0.5) is 21.6 Å². The zero-order valence-electron chi connectivity index (χ0n) is 18.7. The number of nitrogens with one attached hydrogen (secondary N) is 1. The van der Waals surface area contributed by atoms with Crippen LogP contribution in [-0.4, -0.2) is 43.2 Å². The van der Waals surface area contributed by atoms with Gasteiger partial charge in [0.15, 0.2) is 0 Å². The zero-order valence-corrected chi connectivity index (χ0v) is 18.7. The first kappa shape index (κ1) is 22.5. The minimum atomic E-state index is -0.595. The third kappa shape index (κ3) is 4.58. The van der Waals surface area contributed by atoms with E-state index < -0.39 is 5.82 Å². The lowest BCUT2D eigenvalue weighted by atomic mass is 10.0. The normalized spacial score (nSPS) is 14.2. The molecule has 4 rings (SSSR count). The molecule has 9 heteroatoms. The molecule has 0 unspecified atom stereocenters. The Morgan fingerprint density at radius 2 is 1.85 bits per heavy atom. The number of hydrogen-bond acceptors (Lipinski definition) is 8. The Bertz CT molecular complexity index is 1200. The van der Waals surface area contributed by atoms with Crippen molar-refractivity contribution in [3.63, 3.8) is 0 Å². The van der Waals surface area contributed by atoms with Crippen molar-refractivity contribution in [1.29, 1.82) is 5.26 Å². The van der Waals surface area contributed by atoms with Crippen molar-refractivity contribution >= 4 is 17.2 Å². The summed E-state index contributed by atoms with van der Waals surface area (Å²) in [5, 5.41) is 13.9. The van der Waals surface area contributed by atoms with Crippen molar-refractivity contribution < 1.29 is 4.39 Å². The molecule has 0 spiro atoms. The number of hydrazine groups is 1. The van der Waals surface area contributed by atoms with Crippen LogP contribution in [0.1, 0.15) is 18.4 Å². The Balaban J connectivity index is 1.80. The number of anilines is 3. The number of nitrogens with two attached hydrogens (primary N) is 2. The molecule has 8 nitrogen and oxygen atoms in total. The molecule has 5 N–H and O–H groups in total. The van der Waals surface area contributed by atoms with E-state index in [1.807, 2.05) is 25.2 Å². The Labute approximate surface area is 192 Å². The maximum Gasteiger partial charge on any atom is 0.147 e. The molecule has 0 atom stereocenters. The van der Waals surface area contributed by atoms with Crippen LogP contribution in [0, 0.1) is 17.1 Å². The van der Waals surface area contributed by atoms with Gasteiger partial charge in [0.1, 0.15) is 17.7 Å². The van der Waals surface area contributed by atoms with Gasteiger partial charge in [0.05, 0.1) is 34.5 Å². The Morgan fingerprint density at radius 3 is 2.45 bits per heavy atom. The van der Waals surface area contributed by atoms with Crippen molar-refractivity contribution in [2.24, 2.45) is 5.84 Å². The largest absolute Gasteiger partial charge is 0.397 e. The first-order chi connectivity index (χ1) is 15.9. The maximum absolute atomic E-state index is 14.5. The van der Waals surface area contributed by atoms with Gasteiger partial charge in [-0.05, 0) is 44.2 Å². The fourth-order valence-corrected chi connectivity index (χ4v) is 4.12. The lowest BCUT2D eigenvalue weighted by Gasteiger charge is -2.32. The van der Waals surface area contributed by atoms with Gasteiger partial charge in [0.2, 0.25) is 0 Å². The molecule has 0 saturated carbocycles. The number of nitrogens with zero attached hydrogens (tertiary/aromatic N) is 5. The van der Waals surface area contributed by atoms with Crippen LogP contribution in [0.2, 0.25) is 0 Å². The molecule has 1 aromatic heterocycles. The highest BCUT2D eigenvalue weighted by molar-refractivity contribution is 5.83. The molecular weight excluding hydrogens is 419 g/mol. The summed E-state index contributed by atoms with van der Waals surface area (Å²) in [6, 6.07) is 12.3. The second-order valence-electron chi connectivity index (χ2n) is 8.17. The topological polar surface area (TPSA) is 120 Å². The summed E-state index contributed by atoms with van der Waals surface area (Å²) in [5.74, 6) is 5.98. The van der Waals surface area contributed by atoms with E-state index in [9.17, 15) is 4.39 Å². The highest BCUT2D eigenvalue weighted by Gasteiger charge is 2.22. The summed E-state index contributed by atoms with van der Waals surface area (Å²) < 4.78 is 14.5. The van der Waals surface area contributed by atoms with Crippen LogP contribution in [0.25, 0.3) is 22.5 Å². The lowest BCUT2D eigenvalue weighted by molar-refractivity contribution is 0.440. The average molecular weight is 447 g/mol. The number of nitrogen functional groups attached to an aromatic ring is 1. The molecule has 3 aromatic rings. The van der Waals surface area contributed by atoms with Crippen LogP contribution < -0.4 is 26.8 Å². The van der Waals surface area contributed by atoms with Gasteiger partial charge in [0, 0.05) is 37.3 Å². The van der Waals surface area contributed by atoms with Crippen LogP contribution in [0.3, 0.4) is 0 Å².